The maximum absolute atomic E-state index is 11.7. The number of unbranched alkanes of at least 4 members (excludes halogenated alkanes) is 2. The van der Waals surface area contributed by atoms with Crippen LogP contribution in [0.1, 0.15) is 39.5 Å². The molecule has 0 bridgehead atoms. The molecule has 0 amide bonds. The van der Waals surface area contributed by atoms with Gasteiger partial charge in [0.15, 0.2) is 6.61 Å². The van der Waals surface area contributed by atoms with E-state index in [0.29, 0.717) is 0 Å². The summed E-state index contributed by atoms with van der Waals surface area (Å²) in [6, 6.07) is 0. The molecule has 0 aliphatic carbocycles. The first-order chi connectivity index (χ1) is 8.61. The summed E-state index contributed by atoms with van der Waals surface area (Å²) < 4.78 is 9.91. The third-order valence-electron chi connectivity index (χ3n) is 3.31. The van der Waals surface area contributed by atoms with Gasteiger partial charge in [-0.1, -0.05) is 39.0 Å². The summed E-state index contributed by atoms with van der Waals surface area (Å²) in [5.41, 5.74) is 0. The van der Waals surface area contributed by atoms with Crippen molar-refractivity contribution >= 4 is 11.9 Å². The third-order valence-corrected chi connectivity index (χ3v) is 3.31. The average molecular weight is 252 g/mol. The van der Waals surface area contributed by atoms with E-state index in [1.165, 1.54) is 0 Å². The predicted octanol–water partition coefficient (Wildman–Crippen LogP) is 1.92. The van der Waals surface area contributed by atoms with E-state index in [2.05, 4.69) is 12.8 Å². The van der Waals surface area contributed by atoms with Gasteiger partial charge in [0.1, 0.15) is 0 Å². The van der Waals surface area contributed by atoms with Crippen LogP contribution in [0, 0.1) is 24.2 Å². The molecule has 3 atom stereocenters. The molecule has 0 saturated carbocycles. The van der Waals surface area contributed by atoms with Crippen LogP contribution in [0.3, 0.4) is 0 Å². The van der Waals surface area contributed by atoms with Crippen LogP contribution in [0.2, 0.25) is 0 Å². The minimum atomic E-state index is -0.794. The number of hydrogen-bond acceptors (Lipinski definition) is 4. The summed E-state index contributed by atoms with van der Waals surface area (Å²) in [5, 5.41) is 0. The van der Waals surface area contributed by atoms with E-state index in [9.17, 15) is 9.59 Å². The van der Waals surface area contributed by atoms with Crippen LogP contribution in [-0.4, -0.2) is 24.6 Å². The number of esters is 2. The molecular formula is C14H20O4. The van der Waals surface area contributed by atoms with Gasteiger partial charge in [-0.3, -0.25) is 4.79 Å². The van der Waals surface area contributed by atoms with Crippen LogP contribution in [0.15, 0.2) is 0 Å². The highest BCUT2D eigenvalue weighted by molar-refractivity contribution is 5.85. The molecule has 0 spiro atoms. The van der Waals surface area contributed by atoms with E-state index in [1.54, 1.807) is 0 Å². The van der Waals surface area contributed by atoms with Gasteiger partial charge < -0.3 is 9.47 Å². The zero-order valence-electron chi connectivity index (χ0n) is 11.0. The summed E-state index contributed by atoms with van der Waals surface area (Å²) in [5.74, 6) is 1.06. The SMILES string of the molecule is C#CCOC(=O)C1OC(=O)C(CCCCC)C1C. The van der Waals surface area contributed by atoms with Crippen LogP contribution >= 0.6 is 0 Å². The lowest BCUT2D eigenvalue weighted by Gasteiger charge is -2.14. The molecule has 1 rings (SSSR count). The number of cyclic esters (lactones) is 1. The van der Waals surface area contributed by atoms with E-state index in [0.717, 1.165) is 25.7 Å². The topological polar surface area (TPSA) is 52.6 Å². The molecular weight excluding hydrogens is 232 g/mol. The Hall–Kier alpha value is -1.50. The number of terminal acetylenes is 1. The van der Waals surface area contributed by atoms with Crippen LogP contribution in [0.5, 0.6) is 0 Å². The van der Waals surface area contributed by atoms with Crippen LogP contribution in [-0.2, 0) is 19.1 Å². The van der Waals surface area contributed by atoms with Gasteiger partial charge in [-0.05, 0) is 6.42 Å². The smallest absolute Gasteiger partial charge is 0.348 e. The number of hydrogen-bond donors (Lipinski definition) is 0. The van der Waals surface area contributed by atoms with Crippen molar-refractivity contribution in [1.29, 1.82) is 0 Å². The molecule has 100 valence electrons. The van der Waals surface area contributed by atoms with Gasteiger partial charge in [0, 0.05) is 5.92 Å². The largest absolute Gasteiger partial charge is 0.450 e. The molecule has 1 heterocycles. The standard InChI is InChI=1S/C14H20O4/c1-4-6-7-8-11-10(3)12(18-13(11)15)14(16)17-9-5-2/h2,10-12H,4,6-9H2,1,3H3. The van der Waals surface area contributed by atoms with Crippen molar-refractivity contribution in [3.05, 3.63) is 0 Å². The summed E-state index contributed by atoms with van der Waals surface area (Å²) in [6.07, 6.45) is 8.15. The van der Waals surface area contributed by atoms with Crippen molar-refractivity contribution in [2.45, 2.75) is 45.6 Å². The average Bonchev–Trinajstić information content (AvgIpc) is 2.64. The molecule has 0 N–H and O–H groups in total. The van der Waals surface area contributed by atoms with Crippen molar-refractivity contribution in [2.24, 2.45) is 11.8 Å². The highest BCUT2D eigenvalue weighted by Crippen LogP contribution is 2.32. The second kappa shape index (κ2) is 7.05. The van der Waals surface area contributed by atoms with E-state index in [4.69, 9.17) is 15.9 Å². The molecule has 3 unspecified atom stereocenters. The molecule has 1 aliphatic heterocycles. The molecule has 4 nitrogen and oxygen atoms in total. The molecule has 0 aromatic carbocycles. The van der Waals surface area contributed by atoms with E-state index < -0.39 is 12.1 Å². The second-order valence-electron chi connectivity index (χ2n) is 4.63. The lowest BCUT2D eigenvalue weighted by molar-refractivity contribution is -0.161. The lowest BCUT2D eigenvalue weighted by atomic mass is 9.88. The molecule has 0 radical (unpaired) electrons. The van der Waals surface area contributed by atoms with E-state index in [1.807, 2.05) is 6.92 Å². The Bertz CT molecular complexity index is 342. The highest BCUT2D eigenvalue weighted by atomic mass is 16.6. The Kier molecular flexibility index (Phi) is 5.70. The van der Waals surface area contributed by atoms with Gasteiger partial charge in [-0.25, -0.2) is 4.79 Å². The Labute approximate surface area is 108 Å². The Morgan fingerprint density at radius 3 is 2.83 bits per heavy atom. The molecule has 1 saturated heterocycles. The Morgan fingerprint density at radius 1 is 1.50 bits per heavy atom. The van der Waals surface area contributed by atoms with Crippen molar-refractivity contribution in [3.63, 3.8) is 0 Å². The van der Waals surface area contributed by atoms with Crippen LogP contribution < -0.4 is 0 Å². The third kappa shape index (κ3) is 3.49. The molecule has 4 heteroatoms. The van der Waals surface area contributed by atoms with Gasteiger partial charge in [0.05, 0.1) is 5.92 Å². The molecule has 1 fully saturated rings. The fraction of sp³-hybridized carbons (Fsp3) is 0.714. The van der Waals surface area contributed by atoms with E-state index >= 15 is 0 Å². The summed E-state index contributed by atoms with van der Waals surface area (Å²) in [7, 11) is 0. The summed E-state index contributed by atoms with van der Waals surface area (Å²) in [6.45, 7) is 3.87. The number of carbonyl (C=O) groups excluding carboxylic acids is 2. The van der Waals surface area contributed by atoms with E-state index in [-0.39, 0.29) is 24.4 Å². The van der Waals surface area contributed by atoms with Crippen molar-refractivity contribution in [3.8, 4) is 12.3 Å². The van der Waals surface area contributed by atoms with Gasteiger partial charge in [-0.2, -0.15) is 0 Å². The fourth-order valence-electron chi connectivity index (χ4n) is 2.20. The van der Waals surface area contributed by atoms with Crippen LogP contribution in [0.25, 0.3) is 0 Å². The summed E-state index contributed by atoms with van der Waals surface area (Å²) in [4.78, 5) is 23.3. The van der Waals surface area contributed by atoms with Gasteiger partial charge in [-0.15, -0.1) is 6.42 Å². The van der Waals surface area contributed by atoms with Crippen LogP contribution in [0.4, 0.5) is 0 Å². The highest BCUT2D eigenvalue weighted by Gasteiger charge is 2.45. The zero-order valence-corrected chi connectivity index (χ0v) is 11.0. The first-order valence-corrected chi connectivity index (χ1v) is 6.42. The molecule has 0 aromatic rings. The second-order valence-corrected chi connectivity index (χ2v) is 4.63. The quantitative estimate of drug-likeness (QED) is 0.412. The molecule has 0 aromatic heterocycles. The first kappa shape index (κ1) is 14.6. The first-order valence-electron chi connectivity index (χ1n) is 6.42. The molecule has 18 heavy (non-hydrogen) atoms. The fourth-order valence-corrected chi connectivity index (χ4v) is 2.20. The van der Waals surface area contributed by atoms with Gasteiger partial charge >= 0.3 is 11.9 Å². The lowest BCUT2D eigenvalue weighted by Crippen LogP contribution is -2.29. The Morgan fingerprint density at radius 2 is 2.22 bits per heavy atom. The normalized spacial score (nSPS) is 26.5. The van der Waals surface area contributed by atoms with Crippen molar-refractivity contribution < 1.29 is 19.1 Å². The van der Waals surface area contributed by atoms with Gasteiger partial charge in [0.2, 0.25) is 6.10 Å². The number of rotatable bonds is 6. The zero-order chi connectivity index (χ0) is 13.5. The minimum Gasteiger partial charge on any atom is -0.450 e. The predicted molar refractivity (Wildman–Crippen MR) is 66.5 cm³/mol. The van der Waals surface area contributed by atoms with Crippen molar-refractivity contribution in [2.75, 3.05) is 6.61 Å². The minimum absolute atomic E-state index is 0.0832. The van der Waals surface area contributed by atoms with Crippen molar-refractivity contribution in [1.82, 2.24) is 0 Å². The Balaban J connectivity index is 2.52. The molecule has 1 aliphatic rings. The maximum Gasteiger partial charge on any atom is 0.348 e. The van der Waals surface area contributed by atoms with Gasteiger partial charge in [0.25, 0.3) is 0 Å². The monoisotopic (exact) mass is 252 g/mol. The number of carbonyl (C=O) groups is 2. The number of ether oxygens (including phenoxy) is 2. The maximum atomic E-state index is 11.7. The summed E-state index contributed by atoms with van der Waals surface area (Å²) >= 11 is 0.